The number of methoxy groups -OCH3 is 1. The number of hydrogen-bond donors (Lipinski definition) is 2. The minimum Gasteiger partial charge on any atom is -0.497 e. The molecule has 1 heterocycles. The van der Waals surface area contributed by atoms with Crippen molar-refractivity contribution in [3.8, 4) is 17.9 Å². The van der Waals surface area contributed by atoms with Gasteiger partial charge in [0.25, 0.3) is 0 Å². The monoisotopic (exact) mass is 384 g/mol. The summed E-state index contributed by atoms with van der Waals surface area (Å²) in [5.41, 5.74) is -0.0246. The van der Waals surface area contributed by atoms with E-state index in [0.717, 1.165) is 11.8 Å². The SMILES string of the molecule is COc1ccc(NC(=O)C(C)SC2=C(C#N)C(C)(C)C(C#N)C(=O)N2)cc1. The highest BCUT2D eigenvalue weighted by atomic mass is 32.2. The van der Waals surface area contributed by atoms with Crippen LogP contribution >= 0.6 is 11.8 Å². The van der Waals surface area contributed by atoms with Crippen molar-refractivity contribution >= 4 is 29.3 Å². The molecule has 0 aromatic heterocycles. The molecule has 1 aromatic rings. The molecule has 8 heteroatoms. The van der Waals surface area contributed by atoms with Gasteiger partial charge >= 0.3 is 0 Å². The number of thioether (sulfide) groups is 1. The minimum absolute atomic E-state index is 0.274. The van der Waals surface area contributed by atoms with Gasteiger partial charge in [-0.15, -0.1) is 0 Å². The van der Waals surface area contributed by atoms with Crippen molar-refractivity contribution in [3.05, 3.63) is 34.9 Å². The molecular formula is C19H20N4O3S. The molecule has 0 saturated carbocycles. The second kappa shape index (κ2) is 8.15. The van der Waals surface area contributed by atoms with Gasteiger partial charge in [-0.25, -0.2) is 0 Å². The zero-order valence-corrected chi connectivity index (χ0v) is 16.3. The molecule has 0 radical (unpaired) electrons. The van der Waals surface area contributed by atoms with Crippen LogP contribution in [0.2, 0.25) is 0 Å². The quantitative estimate of drug-likeness (QED) is 0.807. The lowest BCUT2D eigenvalue weighted by Gasteiger charge is -2.35. The molecule has 1 aliphatic heterocycles. The van der Waals surface area contributed by atoms with E-state index in [1.54, 1.807) is 52.1 Å². The Morgan fingerprint density at radius 1 is 1.33 bits per heavy atom. The second-order valence-electron chi connectivity index (χ2n) is 6.57. The van der Waals surface area contributed by atoms with E-state index in [-0.39, 0.29) is 5.91 Å². The summed E-state index contributed by atoms with van der Waals surface area (Å²) in [5.74, 6) is -1.02. The van der Waals surface area contributed by atoms with E-state index in [4.69, 9.17) is 4.74 Å². The Balaban J connectivity index is 2.17. The highest BCUT2D eigenvalue weighted by Gasteiger charge is 2.45. The van der Waals surface area contributed by atoms with Crippen LogP contribution in [0.4, 0.5) is 5.69 Å². The summed E-state index contributed by atoms with van der Waals surface area (Å²) in [6.07, 6.45) is 0. The Morgan fingerprint density at radius 3 is 2.48 bits per heavy atom. The Morgan fingerprint density at radius 2 is 1.96 bits per heavy atom. The summed E-state index contributed by atoms with van der Waals surface area (Å²) in [4.78, 5) is 24.7. The molecule has 0 bridgehead atoms. The molecule has 0 fully saturated rings. The fourth-order valence-electron chi connectivity index (χ4n) is 2.66. The predicted molar refractivity (Wildman–Crippen MR) is 102 cm³/mol. The Labute approximate surface area is 162 Å². The molecule has 27 heavy (non-hydrogen) atoms. The zero-order valence-electron chi connectivity index (χ0n) is 15.5. The van der Waals surface area contributed by atoms with Gasteiger partial charge in [-0.05, 0) is 31.2 Å². The Bertz CT molecular complexity index is 862. The molecule has 1 aromatic carbocycles. The summed E-state index contributed by atoms with van der Waals surface area (Å²) in [6.45, 7) is 5.04. The highest BCUT2D eigenvalue weighted by Crippen LogP contribution is 2.42. The first-order valence-electron chi connectivity index (χ1n) is 8.21. The van der Waals surface area contributed by atoms with Crippen molar-refractivity contribution in [2.75, 3.05) is 12.4 Å². The molecular weight excluding hydrogens is 364 g/mol. The molecule has 2 unspecified atom stereocenters. The number of nitrogens with one attached hydrogen (secondary N) is 2. The smallest absolute Gasteiger partial charge is 0.243 e. The second-order valence-corrected chi connectivity index (χ2v) is 7.92. The third-order valence-corrected chi connectivity index (χ3v) is 5.46. The van der Waals surface area contributed by atoms with Crippen molar-refractivity contribution in [1.29, 1.82) is 10.5 Å². The number of carbonyl (C=O) groups excluding carboxylic acids is 2. The highest BCUT2D eigenvalue weighted by molar-refractivity contribution is 8.04. The average Bonchev–Trinajstić information content (AvgIpc) is 2.62. The standard InChI is InChI=1S/C19H20N4O3S/c1-11(16(24)22-12-5-7-13(26-4)8-6-12)27-18-15(10-21)19(2,3)14(9-20)17(25)23-18/h5-8,11,14H,1-4H3,(H,22,24)(H,23,25). The Hall–Kier alpha value is -2.97. The molecule has 0 saturated heterocycles. The lowest BCUT2D eigenvalue weighted by molar-refractivity contribution is -0.125. The fourth-order valence-corrected chi connectivity index (χ4v) is 3.77. The van der Waals surface area contributed by atoms with Gasteiger partial charge in [-0.1, -0.05) is 25.6 Å². The average molecular weight is 384 g/mol. The molecule has 2 amide bonds. The molecule has 140 valence electrons. The number of nitriles is 2. The van der Waals surface area contributed by atoms with Crippen molar-refractivity contribution in [1.82, 2.24) is 5.32 Å². The van der Waals surface area contributed by atoms with Crippen LogP contribution in [0, 0.1) is 34.0 Å². The number of ether oxygens (including phenoxy) is 1. The van der Waals surface area contributed by atoms with Crippen LogP contribution in [0.1, 0.15) is 20.8 Å². The van der Waals surface area contributed by atoms with E-state index in [0.29, 0.717) is 22.0 Å². The summed E-state index contributed by atoms with van der Waals surface area (Å²) in [6, 6.07) is 10.9. The maximum absolute atomic E-state index is 12.5. The van der Waals surface area contributed by atoms with E-state index in [9.17, 15) is 20.1 Å². The third kappa shape index (κ3) is 4.24. The van der Waals surface area contributed by atoms with E-state index < -0.39 is 22.5 Å². The van der Waals surface area contributed by atoms with E-state index in [1.165, 1.54) is 0 Å². The fraction of sp³-hybridized carbons (Fsp3) is 0.368. The van der Waals surface area contributed by atoms with Gasteiger partial charge in [-0.3, -0.25) is 9.59 Å². The molecule has 2 atom stereocenters. The predicted octanol–water partition coefficient (Wildman–Crippen LogP) is 2.79. The van der Waals surface area contributed by atoms with E-state index in [2.05, 4.69) is 16.7 Å². The number of rotatable bonds is 5. The number of hydrogen-bond acceptors (Lipinski definition) is 6. The first-order chi connectivity index (χ1) is 12.7. The lowest BCUT2D eigenvalue weighted by Crippen LogP contribution is -2.45. The van der Waals surface area contributed by atoms with Crippen LogP contribution in [0.3, 0.4) is 0 Å². The molecule has 1 aliphatic rings. The van der Waals surface area contributed by atoms with Gasteiger partial charge in [0.05, 0.1) is 35.1 Å². The topological polar surface area (TPSA) is 115 Å². The Kier molecular flexibility index (Phi) is 6.14. The van der Waals surface area contributed by atoms with Crippen molar-refractivity contribution in [2.24, 2.45) is 11.3 Å². The van der Waals surface area contributed by atoms with Crippen molar-refractivity contribution in [2.45, 2.75) is 26.0 Å². The maximum Gasteiger partial charge on any atom is 0.243 e. The van der Waals surface area contributed by atoms with Gasteiger partial charge in [0.1, 0.15) is 11.7 Å². The van der Waals surface area contributed by atoms with Crippen LogP contribution in [0.5, 0.6) is 5.75 Å². The molecule has 7 nitrogen and oxygen atoms in total. The summed E-state index contributed by atoms with van der Waals surface area (Å²) >= 11 is 1.09. The minimum atomic E-state index is -0.958. The lowest BCUT2D eigenvalue weighted by atomic mass is 9.72. The van der Waals surface area contributed by atoms with Crippen molar-refractivity contribution in [3.63, 3.8) is 0 Å². The molecule has 2 N–H and O–H groups in total. The number of carbonyl (C=O) groups is 2. The first kappa shape index (κ1) is 20.3. The van der Waals surface area contributed by atoms with Crippen molar-refractivity contribution < 1.29 is 14.3 Å². The number of benzene rings is 1. The van der Waals surface area contributed by atoms with Crippen LogP contribution in [0.25, 0.3) is 0 Å². The summed E-state index contributed by atoms with van der Waals surface area (Å²) < 4.78 is 5.08. The normalized spacial score (nSPS) is 19.3. The summed E-state index contributed by atoms with van der Waals surface area (Å²) in [7, 11) is 1.56. The maximum atomic E-state index is 12.5. The van der Waals surface area contributed by atoms with E-state index in [1.807, 2.05) is 6.07 Å². The largest absolute Gasteiger partial charge is 0.497 e. The van der Waals surface area contributed by atoms with Gasteiger partial charge in [0.2, 0.25) is 11.8 Å². The van der Waals surface area contributed by atoms with Crippen LogP contribution < -0.4 is 15.4 Å². The first-order valence-corrected chi connectivity index (χ1v) is 9.09. The van der Waals surface area contributed by atoms with Gasteiger partial charge in [-0.2, -0.15) is 10.5 Å². The van der Waals surface area contributed by atoms with E-state index >= 15 is 0 Å². The number of allylic oxidation sites excluding steroid dienone is 1. The van der Waals surface area contributed by atoms with Gasteiger partial charge < -0.3 is 15.4 Å². The number of anilines is 1. The van der Waals surface area contributed by atoms with Gasteiger partial charge in [0, 0.05) is 11.1 Å². The number of nitrogens with zero attached hydrogens (tertiary/aromatic N) is 2. The van der Waals surface area contributed by atoms with Crippen LogP contribution in [0.15, 0.2) is 34.9 Å². The van der Waals surface area contributed by atoms with Crippen LogP contribution in [-0.4, -0.2) is 24.2 Å². The number of amides is 2. The molecule has 0 aliphatic carbocycles. The zero-order chi connectivity index (χ0) is 20.2. The van der Waals surface area contributed by atoms with Gasteiger partial charge in [0.15, 0.2) is 0 Å². The third-order valence-electron chi connectivity index (χ3n) is 4.35. The molecule has 0 spiro atoms. The van der Waals surface area contributed by atoms with Crippen LogP contribution in [-0.2, 0) is 9.59 Å². The summed E-state index contributed by atoms with van der Waals surface area (Å²) in [5, 5.41) is 23.9. The molecule has 2 rings (SSSR count).